The normalized spacial score (nSPS) is 11.3. The summed E-state index contributed by atoms with van der Waals surface area (Å²) in [7, 11) is 1.53. The van der Waals surface area contributed by atoms with Gasteiger partial charge in [-0.3, -0.25) is 4.79 Å². The van der Waals surface area contributed by atoms with E-state index in [-0.39, 0.29) is 16.7 Å². The van der Waals surface area contributed by atoms with Crippen LogP contribution in [0.1, 0.15) is 15.2 Å². The van der Waals surface area contributed by atoms with Crippen molar-refractivity contribution in [3.63, 3.8) is 0 Å². The summed E-state index contributed by atoms with van der Waals surface area (Å²) in [6.45, 7) is 0.256. The second-order valence-corrected chi connectivity index (χ2v) is 8.72. The lowest BCUT2D eigenvalue weighted by Gasteiger charge is -2.03. The van der Waals surface area contributed by atoms with E-state index in [1.54, 1.807) is 30.3 Å². The molecule has 0 radical (unpaired) electrons. The third-order valence-corrected chi connectivity index (χ3v) is 6.11. The molecule has 2 aromatic rings. The maximum Gasteiger partial charge on any atom is 0.270 e. The molecule has 0 atom stereocenters. The number of halogens is 2. The van der Waals surface area contributed by atoms with Crippen molar-refractivity contribution >= 4 is 52.9 Å². The van der Waals surface area contributed by atoms with Gasteiger partial charge in [-0.2, -0.15) is 0 Å². The van der Waals surface area contributed by atoms with Crippen LogP contribution in [0, 0.1) is 0 Å². The number of carbonyl (C=O) groups is 1. The van der Waals surface area contributed by atoms with Crippen LogP contribution in [0.15, 0.2) is 45.1 Å². The van der Waals surface area contributed by atoms with Gasteiger partial charge in [-0.25, -0.2) is 8.42 Å². The van der Waals surface area contributed by atoms with Crippen molar-refractivity contribution in [2.45, 2.75) is 10.8 Å². The highest BCUT2D eigenvalue weighted by molar-refractivity contribution is 9.10. The van der Waals surface area contributed by atoms with Crippen molar-refractivity contribution in [1.82, 2.24) is 5.32 Å². The minimum absolute atomic E-state index is 0.0760. The molecule has 1 aromatic heterocycles. The van der Waals surface area contributed by atoms with Crippen LogP contribution in [-0.4, -0.2) is 14.3 Å². The Labute approximate surface area is 133 Å². The first kappa shape index (κ1) is 15.5. The molecule has 1 heterocycles. The summed E-state index contributed by atoms with van der Waals surface area (Å²) in [6, 6.07) is 10.00. The smallest absolute Gasteiger partial charge is 0.270 e. The van der Waals surface area contributed by atoms with Crippen LogP contribution in [0.2, 0.25) is 0 Å². The zero-order valence-electron chi connectivity index (χ0n) is 9.97. The standard InChI is InChI=1S/C12H9BrClNO3S2/c13-9-3-1-8(2-4-9)12(16)15-7-10-5-6-11(19-10)20(14,17)18/h1-6H,7H2,(H,15,16). The molecule has 0 aliphatic carbocycles. The summed E-state index contributed by atoms with van der Waals surface area (Å²) in [6.07, 6.45) is 0. The maximum atomic E-state index is 11.9. The van der Waals surface area contributed by atoms with Gasteiger partial charge in [0.2, 0.25) is 0 Å². The van der Waals surface area contributed by atoms with Gasteiger partial charge in [-0.05, 0) is 36.4 Å². The van der Waals surface area contributed by atoms with Crippen molar-refractivity contribution in [3.8, 4) is 0 Å². The second kappa shape index (κ2) is 6.26. The molecular weight excluding hydrogens is 386 g/mol. The van der Waals surface area contributed by atoms with Crippen LogP contribution in [0.4, 0.5) is 0 Å². The van der Waals surface area contributed by atoms with Gasteiger partial charge in [0.25, 0.3) is 15.0 Å². The quantitative estimate of drug-likeness (QED) is 0.809. The van der Waals surface area contributed by atoms with Gasteiger partial charge in [-0.1, -0.05) is 15.9 Å². The average Bonchev–Trinajstić information content (AvgIpc) is 2.85. The van der Waals surface area contributed by atoms with E-state index in [1.807, 2.05) is 0 Å². The number of hydrogen-bond acceptors (Lipinski definition) is 4. The van der Waals surface area contributed by atoms with Crippen LogP contribution in [0.25, 0.3) is 0 Å². The van der Waals surface area contributed by atoms with Gasteiger partial charge < -0.3 is 5.32 Å². The van der Waals surface area contributed by atoms with Crippen LogP contribution >= 0.6 is 37.9 Å². The minimum atomic E-state index is -3.70. The van der Waals surface area contributed by atoms with E-state index in [1.165, 1.54) is 6.07 Å². The molecule has 20 heavy (non-hydrogen) atoms. The van der Waals surface area contributed by atoms with Crippen molar-refractivity contribution in [2.75, 3.05) is 0 Å². The number of rotatable bonds is 4. The van der Waals surface area contributed by atoms with Crippen molar-refractivity contribution < 1.29 is 13.2 Å². The zero-order chi connectivity index (χ0) is 14.8. The number of benzene rings is 1. The molecule has 1 aromatic carbocycles. The highest BCUT2D eigenvalue weighted by Crippen LogP contribution is 2.24. The van der Waals surface area contributed by atoms with Gasteiger partial charge in [-0.15, -0.1) is 11.3 Å². The lowest BCUT2D eigenvalue weighted by atomic mass is 10.2. The molecule has 0 unspecified atom stereocenters. The Balaban J connectivity index is 2.00. The summed E-state index contributed by atoms with van der Waals surface area (Å²) in [5, 5.41) is 2.72. The molecule has 2 rings (SSSR count). The fourth-order valence-electron chi connectivity index (χ4n) is 1.46. The molecule has 0 saturated carbocycles. The highest BCUT2D eigenvalue weighted by Gasteiger charge is 2.13. The number of amides is 1. The molecule has 4 nitrogen and oxygen atoms in total. The molecule has 0 saturated heterocycles. The van der Waals surface area contributed by atoms with Crippen LogP contribution in [0.3, 0.4) is 0 Å². The first-order valence-electron chi connectivity index (χ1n) is 5.43. The summed E-state index contributed by atoms with van der Waals surface area (Å²) in [5.41, 5.74) is 0.537. The molecule has 0 fully saturated rings. The lowest BCUT2D eigenvalue weighted by molar-refractivity contribution is 0.0951. The van der Waals surface area contributed by atoms with E-state index in [2.05, 4.69) is 21.2 Å². The zero-order valence-corrected chi connectivity index (χ0v) is 13.9. The van der Waals surface area contributed by atoms with Gasteiger partial charge in [0.1, 0.15) is 4.21 Å². The van der Waals surface area contributed by atoms with E-state index in [4.69, 9.17) is 10.7 Å². The van der Waals surface area contributed by atoms with Gasteiger partial charge in [0, 0.05) is 25.6 Å². The van der Waals surface area contributed by atoms with Crippen LogP contribution in [-0.2, 0) is 15.6 Å². The Morgan fingerprint density at radius 2 is 1.85 bits per heavy atom. The van der Waals surface area contributed by atoms with Crippen molar-refractivity contribution in [3.05, 3.63) is 51.3 Å². The summed E-state index contributed by atoms with van der Waals surface area (Å²) >= 11 is 4.33. The van der Waals surface area contributed by atoms with Gasteiger partial charge >= 0.3 is 0 Å². The summed E-state index contributed by atoms with van der Waals surface area (Å²) in [4.78, 5) is 12.6. The van der Waals surface area contributed by atoms with Gasteiger partial charge in [0.15, 0.2) is 0 Å². The molecule has 0 aliphatic heterocycles. The highest BCUT2D eigenvalue weighted by atomic mass is 79.9. The Morgan fingerprint density at radius 1 is 1.20 bits per heavy atom. The largest absolute Gasteiger partial charge is 0.347 e. The first-order valence-corrected chi connectivity index (χ1v) is 9.35. The van der Waals surface area contributed by atoms with E-state index in [0.29, 0.717) is 5.56 Å². The number of thiophene rings is 1. The van der Waals surface area contributed by atoms with Crippen molar-refractivity contribution in [2.24, 2.45) is 0 Å². The Hall–Kier alpha value is -0.890. The average molecular weight is 395 g/mol. The first-order chi connectivity index (χ1) is 9.36. The van der Waals surface area contributed by atoms with Crippen LogP contribution < -0.4 is 5.32 Å². The van der Waals surface area contributed by atoms with E-state index in [0.717, 1.165) is 20.7 Å². The van der Waals surface area contributed by atoms with E-state index >= 15 is 0 Å². The van der Waals surface area contributed by atoms with Crippen LogP contribution in [0.5, 0.6) is 0 Å². The topological polar surface area (TPSA) is 63.2 Å². The summed E-state index contributed by atoms with van der Waals surface area (Å²) in [5.74, 6) is -0.221. The Kier molecular flexibility index (Phi) is 4.85. The second-order valence-electron chi connectivity index (χ2n) is 3.85. The maximum absolute atomic E-state index is 11.9. The van der Waals surface area contributed by atoms with Crippen molar-refractivity contribution in [1.29, 1.82) is 0 Å². The molecule has 1 amide bonds. The molecule has 1 N–H and O–H groups in total. The molecule has 0 spiro atoms. The third kappa shape index (κ3) is 4.05. The SMILES string of the molecule is O=C(NCc1ccc(S(=O)(=O)Cl)s1)c1ccc(Br)cc1. The predicted octanol–water partition coefficient (Wildman–Crippen LogP) is 3.37. The molecule has 0 bridgehead atoms. The monoisotopic (exact) mass is 393 g/mol. The predicted molar refractivity (Wildman–Crippen MR) is 82.7 cm³/mol. The van der Waals surface area contributed by atoms with E-state index in [9.17, 15) is 13.2 Å². The lowest BCUT2D eigenvalue weighted by Crippen LogP contribution is -2.22. The van der Waals surface area contributed by atoms with E-state index < -0.39 is 9.05 Å². The number of nitrogens with one attached hydrogen (secondary N) is 1. The minimum Gasteiger partial charge on any atom is -0.347 e. The molecule has 0 aliphatic rings. The number of carbonyl (C=O) groups excluding carboxylic acids is 1. The number of hydrogen-bond donors (Lipinski definition) is 1. The Bertz CT molecular complexity index is 725. The summed E-state index contributed by atoms with van der Waals surface area (Å²) < 4.78 is 23.2. The molecular formula is C12H9BrClNO3S2. The fourth-order valence-corrected chi connectivity index (χ4v) is 3.78. The molecule has 8 heteroatoms. The fraction of sp³-hybridized carbons (Fsp3) is 0.0833. The molecule has 106 valence electrons. The third-order valence-electron chi connectivity index (χ3n) is 2.41. The Morgan fingerprint density at radius 3 is 2.40 bits per heavy atom. The van der Waals surface area contributed by atoms with Gasteiger partial charge in [0.05, 0.1) is 6.54 Å².